The minimum Gasteiger partial charge on any atom is -0.467 e. The Hall–Kier alpha value is -3.43. The molecular formula is C25H27N3O5S. The van der Waals surface area contributed by atoms with E-state index in [1.807, 2.05) is 24.3 Å². The van der Waals surface area contributed by atoms with E-state index in [0.717, 1.165) is 16.7 Å². The van der Waals surface area contributed by atoms with E-state index in [1.165, 1.54) is 17.5 Å². The molecule has 0 fully saturated rings. The van der Waals surface area contributed by atoms with Gasteiger partial charge in [0.15, 0.2) is 0 Å². The minimum absolute atomic E-state index is 0.0167. The van der Waals surface area contributed by atoms with Gasteiger partial charge in [-0.1, -0.05) is 30.3 Å². The molecule has 1 atom stereocenters. The second kappa shape index (κ2) is 9.82. The maximum atomic E-state index is 13.9. The first-order chi connectivity index (χ1) is 16.3. The number of hydrogen-bond donors (Lipinski definition) is 2. The third-order valence-corrected chi connectivity index (χ3v) is 7.76. The fraction of sp³-hybridized carbons (Fsp3) is 0.280. The van der Waals surface area contributed by atoms with Crippen LogP contribution in [0.2, 0.25) is 0 Å². The molecule has 2 N–H and O–H groups in total. The van der Waals surface area contributed by atoms with Crippen LogP contribution in [0.25, 0.3) is 0 Å². The molecule has 3 aromatic rings. The number of furan rings is 1. The lowest BCUT2D eigenvalue weighted by atomic mass is 9.92. The van der Waals surface area contributed by atoms with Crippen molar-refractivity contribution >= 4 is 27.5 Å². The third-order valence-electron chi connectivity index (χ3n) is 5.82. The summed E-state index contributed by atoms with van der Waals surface area (Å²) in [5, 5.41) is 5.43. The summed E-state index contributed by atoms with van der Waals surface area (Å²) in [7, 11) is -4.04. The van der Waals surface area contributed by atoms with Crippen molar-refractivity contribution in [3.8, 4) is 0 Å². The van der Waals surface area contributed by atoms with Crippen molar-refractivity contribution in [1.82, 2.24) is 9.62 Å². The Morgan fingerprint density at radius 1 is 1.12 bits per heavy atom. The lowest BCUT2D eigenvalue weighted by molar-refractivity contribution is -0.122. The summed E-state index contributed by atoms with van der Waals surface area (Å²) < 4.78 is 34.5. The zero-order chi connectivity index (χ0) is 24.3. The number of anilines is 1. The van der Waals surface area contributed by atoms with Crippen LogP contribution in [-0.2, 0) is 32.6 Å². The standard InChI is InChI=1S/C25H27N3O5S/c1-17-9-10-22(27-18(2)29)24(14-17)34(31,32)28-12-11-19-6-3-4-8-21(19)23(28)15-25(30)26-16-20-7-5-13-33-20/h3-10,13-14,23H,11-12,15-16H2,1-2H3,(H,26,30)(H,27,29)/t23-/m1/s1. The summed E-state index contributed by atoms with van der Waals surface area (Å²) in [4.78, 5) is 24.6. The predicted octanol–water partition coefficient (Wildman–Crippen LogP) is 3.54. The molecule has 2 aromatic carbocycles. The number of hydrogen-bond acceptors (Lipinski definition) is 5. The van der Waals surface area contributed by atoms with Gasteiger partial charge in [0.05, 0.1) is 24.5 Å². The van der Waals surface area contributed by atoms with Crippen LogP contribution in [0.5, 0.6) is 0 Å². The lowest BCUT2D eigenvalue weighted by Crippen LogP contribution is -2.42. The molecule has 0 saturated heterocycles. The fourth-order valence-corrected chi connectivity index (χ4v) is 6.08. The van der Waals surface area contributed by atoms with E-state index >= 15 is 0 Å². The summed E-state index contributed by atoms with van der Waals surface area (Å²) in [5.74, 6) is -0.0376. The molecule has 0 saturated carbocycles. The first kappa shape index (κ1) is 23.7. The van der Waals surface area contributed by atoms with Gasteiger partial charge in [0.1, 0.15) is 10.7 Å². The average Bonchev–Trinajstić information content (AvgIpc) is 3.32. The summed E-state index contributed by atoms with van der Waals surface area (Å²) >= 11 is 0. The number of sulfonamides is 1. The van der Waals surface area contributed by atoms with Crippen LogP contribution in [0.15, 0.2) is 70.2 Å². The second-order valence-corrected chi connectivity index (χ2v) is 10.2. The van der Waals surface area contributed by atoms with Gasteiger partial charge in [-0.3, -0.25) is 9.59 Å². The van der Waals surface area contributed by atoms with E-state index in [2.05, 4.69) is 10.6 Å². The summed E-state index contributed by atoms with van der Waals surface area (Å²) in [6.45, 7) is 3.57. The Bertz CT molecular complexity index is 1300. The molecule has 2 amide bonds. The second-order valence-electron chi connectivity index (χ2n) is 8.32. The van der Waals surface area contributed by atoms with Crippen LogP contribution in [0.1, 0.15) is 41.8 Å². The van der Waals surface area contributed by atoms with Gasteiger partial charge < -0.3 is 15.1 Å². The molecule has 4 rings (SSSR count). The Morgan fingerprint density at radius 3 is 2.65 bits per heavy atom. The van der Waals surface area contributed by atoms with Gasteiger partial charge >= 0.3 is 0 Å². The lowest BCUT2D eigenvalue weighted by Gasteiger charge is -2.36. The number of nitrogens with one attached hydrogen (secondary N) is 2. The number of rotatable bonds is 7. The molecule has 2 heterocycles. The minimum atomic E-state index is -4.04. The molecule has 0 bridgehead atoms. The highest BCUT2D eigenvalue weighted by atomic mass is 32.2. The van der Waals surface area contributed by atoms with Crippen LogP contribution >= 0.6 is 0 Å². The highest BCUT2D eigenvalue weighted by molar-refractivity contribution is 7.89. The topological polar surface area (TPSA) is 109 Å². The van der Waals surface area contributed by atoms with Gasteiger partial charge in [-0.15, -0.1) is 0 Å². The van der Waals surface area contributed by atoms with Crippen molar-refractivity contribution in [2.24, 2.45) is 0 Å². The largest absolute Gasteiger partial charge is 0.467 e. The number of amides is 2. The number of nitrogens with zero attached hydrogens (tertiary/aromatic N) is 1. The summed E-state index contributed by atoms with van der Waals surface area (Å²) in [6, 6.07) is 15.3. The van der Waals surface area contributed by atoms with Crippen LogP contribution in [-0.4, -0.2) is 31.1 Å². The molecule has 34 heavy (non-hydrogen) atoms. The Morgan fingerprint density at radius 2 is 1.91 bits per heavy atom. The van der Waals surface area contributed by atoms with Gasteiger partial charge in [-0.2, -0.15) is 4.31 Å². The van der Waals surface area contributed by atoms with E-state index in [1.54, 1.807) is 37.3 Å². The molecule has 0 aliphatic carbocycles. The maximum Gasteiger partial charge on any atom is 0.245 e. The summed E-state index contributed by atoms with van der Waals surface area (Å²) in [5.41, 5.74) is 2.79. The SMILES string of the molecule is CC(=O)Nc1ccc(C)cc1S(=O)(=O)N1CCc2ccccc2[C@H]1CC(=O)NCc1ccco1. The molecule has 1 aliphatic rings. The van der Waals surface area contributed by atoms with Crippen molar-refractivity contribution in [2.75, 3.05) is 11.9 Å². The van der Waals surface area contributed by atoms with E-state index in [-0.39, 0.29) is 41.9 Å². The van der Waals surface area contributed by atoms with E-state index in [9.17, 15) is 18.0 Å². The first-order valence-electron chi connectivity index (χ1n) is 11.0. The van der Waals surface area contributed by atoms with Crippen molar-refractivity contribution < 1.29 is 22.4 Å². The number of fused-ring (bicyclic) bond motifs is 1. The van der Waals surface area contributed by atoms with Gasteiger partial charge in [0, 0.05) is 19.9 Å². The number of carbonyl (C=O) groups is 2. The molecule has 0 unspecified atom stereocenters. The van der Waals surface area contributed by atoms with Crippen molar-refractivity contribution in [3.63, 3.8) is 0 Å². The predicted molar refractivity (Wildman–Crippen MR) is 127 cm³/mol. The molecule has 178 valence electrons. The molecule has 8 nitrogen and oxygen atoms in total. The Kier molecular flexibility index (Phi) is 6.85. The molecule has 1 aromatic heterocycles. The van der Waals surface area contributed by atoms with Gasteiger partial charge in [-0.05, 0) is 54.3 Å². The van der Waals surface area contributed by atoms with Crippen LogP contribution in [0.3, 0.4) is 0 Å². The third kappa shape index (κ3) is 5.05. The fourth-order valence-electron chi connectivity index (χ4n) is 4.24. The number of aryl methyl sites for hydroxylation is 1. The van der Waals surface area contributed by atoms with Gasteiger partial charge in [0.25, 0.3) is 0 Å². The molecule has 0 spiro atoms. The highest BCUT2D eigenvalue weighted by Gasteiger charge is 2.38. The number of carbonyl (C=O) groups excluding carboxylic acids is 2. The van der Waals surface area contributed by atoms with Crippen molar-refractivity contribution in [3.05, 3.63) is 83.3 Å². The molecule has 9 heteroatoms. The molecular weight excluding hydrogens is 454 g/mol. The molecule has 1 aliphatic heterocycles. The zero-order valence-electron chi connectivity index (χ0n) is 19.1. The first-order valence-corrected chi connectivity index (χ1v) is 12.5. The smallest absolute Gasteiger partial charge is 0.245 e. The van der Waals surface area contributed by atoms with E-state index in [0.29, 0.717) is 12.2 Å². The van der Waals surface area contributed by atoms with Crippen LogP contribution in [0, 0.1) is 6.92 Å². The number of benzene rings is 2. The van der Waals surface area contributed by atoms with Crippen molar-refractivity contribution in [2.45, 2.75) is 44.2 Å². The average molecular weight is 482 g/mol. The Balaban J connectivity index is 1.68. The van der Waals surface area contributed by atoms with Crippen LogP contribution < -0.4 is 10.6 Å². The van der Waals surface area contributed by atoms with Gasteiger partial charge in [0.2, 0.25) is 21.8 Å². The highest BCUT2D eigenvalue weighted by Crippen LogP contribution is 2.38. The van der Waals surface area contributed by atoms with Crippen LogP contribution in [0.4, 0.5) is 5.69 Å². The van der Waals surface area contributed by atoms with E-state index < -0.39 is 16.1 Å². The normalized spacial score (nSPS) is 16.0. The zero-order valence-corrected chi connectivity index (χ0v) is 19.9. The Labute approximate surface area is 199 Å². The monoisotopic (exact) mass is 481 g/mol. The van der Waals surface area contributed by atoms with E-state index in [4.69, 9.17) is 4.42 Å². The van der Waals surface area contributed by atoms with Gasteiger partial charge in [-0.25, -0.2) is 8.42 Å². The maximum absolute atomic E-state index is 13.9. The van der Waals surface area contributed by atoms with Crippen molar-refractivity contribution in [1.29, 1.82) is 0 Å². The summed E-state index contributed by atoms with van der Waals surface area (Å²) in [6.07, 6.45) is 2.02. The quantitative estimate of drug-likeness (QED) is 0.537. The molecule has 0 radical (unpaired) electrons.